The smallest absolute Gasteiger partial charge is 0.264 e. The second-order valence-corrected chi connectivity index (χ2v) is 7.92. The fourth-order valence-corrected chi connectivity index (χ4v) is 4.44. The number of rotatable bonds is 6. The first-order valence-corrected chi connectivity index (χ1v) is 10.2. The van der Waals surface area contributed by atoms with E-state index < -0.39 is 10.0 Å². The highest BCUT2D eigenvalue weighted by Gasteiger charge is 2.22. The molecule has 0 aliphatic heterocycles. The molecule has 0 radical (unpaired) electrons. The zero-order valence-corrected chi connectivity index (χ0v) is 16.0. The summed E-state index contributed by atoms with van der Waals surface area (Å²) in [5.41, 5.74) is 2.42. The molecule has 1 heterocycles. The summed E-state index contributed by atoms with van der Waals surface area (Å²) < 4.78 is 28.8. The number of nitrogens with one attached hydrogen (secondary N) is 2. The van der Waals surface area contributed by atoms with Gasteiger partial charge in [-0.25, -0.2) is 18.2 Å². The quantitative estimate of drug-likeness (QED) is 0.684. The van der Waals surface area contributed by atoms with Gasteiger partial charge >= 0.3 is 0 Å². The monoisotopic (exact) mass is 383 g/mol. The van der Waals surface area contributed by atoms with Crippen LogP contribution in [0.4, 0.5) is 0 Å². The SMILES string of the molecule is CCc1ccc(-c2ccc(=O)[nH]n2)cc1S(=O)(=O)N[C@H](C)c1ccccc1. The highest BCUT2D eigenvalue weighted by molar-refractivity contribution is 7.89. The predicted octanol–water partition coefficient (Wildman–Crippen LogP) is 3.04. The highest BCUT2D eigenvalue weighted by atomic mass is 32.2. The summed E-state index contributed by atoms with van der Waals surface area (Å²) in [5.74, 6) is 0. The number of nitrogens with zero attached hydrogens (tertiary/aromatic N) is 1. The fourth-order valence-electron chi connectivity index (χ4n) is 2.87. The predicted molar refractivity (Wildman–Crippen MR) is 105 cm³/mol. The van der Waals surface area contributed by atoms with E-state index in [0.717, 1.165) is 11.1 Å². The van der Waals surface area contributed by atoms with Crippen LogP contribution in [-0.2, 0) is 16.4 Å². The number of hydrogen-bond donors (Lipinski definition) is 2. The first kappa shape index (κ1) is 19.0. The van der Waals surface area contributed by atoms with Gasteiger partial charge in [0, 0.05) is 17.7 Å². The lowest BCUT2D eigenvalue weighted by Gasteiger charge is -2.17. The van der Waals surface area contributed by atoms with E-state index in [1.54, 1.807) is 24.3 Å². The number of hydrogen-bond acceptors (Lipinski definition) is 4. The van der Waals surface area contributed by atoms with Crippen LogP contribution >= 0.6 is 0 Å². The number of aromatic nitrogens is 2. The molecule has 0 spiro atoms. The van der Waals surface area contributed by atoms with Gasteiger partial charge in [0.15, 0.2) is 0 Å². The largest absolute Gasteiger partial charge is 0.268 e. The summed E-state index contributed by atoms with van der Waals surface area (Å²) in [6.07, 6.45) is 0.579. The molecule has 1 aromatic heterocycles. The van der Waals surface area contributed by atoms with E-state index in [1.165, 1.54) is 6.07 Å². The van der Waals surface area contributed by atoms with E-state index in [2.05, 4.69) is 14.9 Å². The molecule has 1 atom stereocenters. The summed E-state index contributed by atoms with van der Waals surface area (Å²) >= 11 is 0. The minimum atomic E-state index is -3.74. The minimum absolute atomic E-state index is 0.221. The van der Waals surface area contributed by atoms with Crippen molar-refractivity contribution < 1.29 is 8.42 Å². The van der Waals surface area contributed by atoms with Gasteiger partial charge in [-0.05, 0) is 36.6 Å². The molecule has 140 valence electrons. The van der Waals surface area contributed by atoms with E-state index in [9.17, 15) is 13.2 Å². The number of sulfonamides is 1. The topological polar surface area (TPSA) is 91.9 Å². The Labute approximate surface area is 158 Å². The molecule has 0 aliphatic carbocycles. The van der Waals surface area contributed by atoms with Crippen molar-refractivity contribution in [1.29, 1.82) is 0 Å². The molecule has 3 aromatic rings. The van der Waals surface area contributed by atoms with Gasteiger partial charge in [-0.3, -0.25) is 4.79 Å². The molecule has 27 heavy (non-hydrogen) atoms. The molecule has 0 bridgehead atoms. The van der Waals surface area contributed by atoms with Gasteiger partial charge < -0.3 is 0 Å². The van der Waals surface area contributed by atoms with Gasteiger partial charge in [0.1, 0.15) is 0 Å². The van der Waals surface area contributed by atoms with Crippen molar-refractivity contribution in [1.82, 2.24) is 14.9 Å². The summed E-state index contributed by atoms with van der Waals surface area (Å²) in [7, 11) is -3.74. The maximum absolute atomic E-state index is 13.0. The summed E-state index contributed by atoms with van der Waals surface area (Å²) in [6, 6.07) is 17.2. The van der Waals surface area contributed by atoms with Crippen LogP contribution in [-0.4, -0.2) is 18.6 Å². The molecule has 0 saturated heterocycles. The third-order valence-electron chi connectivity index (χ3n) is 4.34. The molecular formula is C20H21N3O3S. The number of benzene rings is 2. The van der Waals surface area contributed by atoms with E-state index in [0.29, 0.717) is 17.7 Å². The fraction of sp³-hybridized carbons (Fsp3) is 0.200. The van der Waals surface area contributed by atoms with E-state index in [-0.39, 0.29) is 16.5 Å². The lowest BCUT2D eigenvalue weighted by atomic mass is 10.1. The van der Waals surface area contributed by atoms with Crippen molar-refractivity contribution >= 4 is 10.0 Å². The van der Waals surface area contributed by atoms with Crippen molar-refractivity contribution in [3.63, 3.8) is 0 Å². The Kier molecular flexibility index (Phi) is 5.53. The summed E-state index contributed by atoms with van der Waals surface area (Å²) in [4.78, 5) is 11.4. The second kappa shape index (κ2) is 7.85. The van der Waals surface area contributed by atoms with Gasteiger partial charge in [-0.15, -0.1) is 0 Å². The second-order valence-electron chi connectivity index (χ2n) is 6.24. The Morgan fingerprint density at radius 3 is 2.44 bits per heavy atom. The van der Waals surface area contributed by atoms with Crippen LogP contribution in [0, 0.1) is 0 Å². The normalized spacial score (nSPS) is 12.7. The number of aromatic amines is 1. The third-order valence-corrected chi connectivity index (χ3v) is 5.97. The van der Waals surface area contributed by atoms with Crippen LogP contribution in [0.3, 0.4) is 0 Å². The van der Waals surface area contributed by atoms with Crippen LogP contribution in [0.25, 0.3) is 11.3 Å². The maximum Gasteiger partial charge on any atom is 0.264 e. The average Bonchev–Trinajstić information content (AvgIpc) is 2.68. The zero-order chi connectivity index (χ0) is 19.4. The molecule has 3 rings (SSSR count). The van der Waals surface area contributed by atoms with Gasteiger partial charge in [-0.2, -0.15) is 5.10 Å². The molecule has 0 fully saturated rings. The number of aryl methyl sites for hydroxylation is 1. The lowest BCUT2D eigenvalue weighted by molar-refractivity contribution is 0.566. The van der Waals surface area contributed by atoms with Crippen LogP contribution in [0.15, 0.2) is 70.4 Å². The molecular weight excluding hydrogens is 362 g/mol. The van der Waals surface area contributed by atoms with Crippen LogP contribution < -0.4 is 10.3 Å². The van der Waals surface area contributed by atoms with Gasteiger partial charge in [0.25, 0.3) is 5.56 Å². The molecule has 2 aromatic carbocycles. The molecule has 6 nitrogen and oxygen atoms in total. The maximum atomic E-state index is 13.0. The van der Waals surface area contributed by atoms with Gasteiger partial charge in [0.2, 0.25) is 10.0 Å². The zero-order valence-electron chi connectivity index (χ0n) is 15.1. The summed E-state index contributed by atoms with van der Waals surface area (Å²) in [6.45, 7) is 3.72. The van der Waals surface area contributed by atoms with Crippen LogP contribution in [0.1, 0.15) is 31.0 Å². The van der Waals surface area contributed by atoms with Gasteiger partial charge in [-0.1, -0.05) is 49.4 Å². The Morgan fingerprint density at radius 2 is 1.81 bits per heavy atom. The van der Waals surface area contributed by atoms with Crippen molar-refractivity contribution in [2.75, 3.05) is 0 Å². The molecule has 0 saturated carbocycles. The van der Waals surface area contributed by atoms with Crippen molar-refractivity contribution in [2.24, 2.45) is 0 Å². The average molecular weight is 383 g/mol. The van der Waals surface area contributed by atoms with Crippen LogP contribution in [0.2, 0.25) is 0 Å². The Morgan fingerprint density at radius 1 is 1.07 bits per heavy atom. The standard InChI is InChI=1S/C20H21N3O3S/c1-3-15-9-10-17(18-11-12-20(24)22-21-18)13-19(15)27(25,26)23-14(2)16-7-5-4-6-8-16/h4-14,23H,3H2,1-2H3,(H,22,24)/t14-/m1/s1. The molecule has 0 unspecified atom stereocenters. The van der Waals surface area contributed by atoms with Gasteiger partial charge in [0.05, 0.1) is 10.6 Å². The Balaban J connectivity index is 1.99. The molecule has 0 amide bonds. The van der Waals surface area contributed by atoms with E-state index in [4.69, 9.17) is 0 Å². The first-order chi connectivity index (χ1) is 12.9. The van der Waals surface area contributed by atoms with Crippen molar-refractivity contribution in [3.05, 3.63) is 82.1 Å². The first-order valence-electron chi connectivity index (χ1n) is 8.67. The van der Waals surface area contributed by atoms with E-state index >= 15 is 0 Å². The van der Waals surface area contributed by atoms with Crippen molar-refractivity contribution in [2.45, 2.75) is 31.2 Å². The highest BCUT2D eigenvalue weighted by Crippen LogP contribution is 2.25. The minimum Gasteiger partial charge on any atom is -0.268 e. The molecule has 2 N–H and O–H groups in total. The molecule has 7 heteroatoms. The Bertz CT molecular complexity index is 1070. The summed E-state index contributed by atoms with van der Waals surface area (Å²) in [5, 5.41) is 6.35. The molecule has 0 aliphatic rings. The van der Waals surface area contributed by atoms with E-state index in [1.807, 2.05) is 44.2 Å². The number of H-pyrrole nitrogens is 1. The lowest BCUT2D eigenvalue weighted by Crippen LogP contribution is -2.27. The Hall–Kier alpha value is -2.77. The van der Waals surface area contributed by atoms with Crippen molar-refractivity contribution in [3.8, 4) is 11.3 Å². The van der Waals surface area contributed by atoms with Crippen LogP contribution in [0.5, 0.6) is 0 Å². The third kappa shape index (κ3) is 4.32.